The lowest BCUT2D eigenvalue weighted by atomic mass is 10.2. The Bertz CT molecular complexity index is 831. The molecule has 0 aromatic heterocycles. The number of carbonyl (C=O) groups excluding carboxylic acids is 2. The van der Waals surface area contributed by atoms with Crippen molar-refractivity contribution in [1.82, 2.24) is 4.90 Å². The number of likely N-dealkylation sites (N-methyl/N-ethyl adjacent to an activating group) is 1. The lowest BCUT2D eigenvalue weighted by molar-refractivity contribution is -0.153. The van der Waals surface area contributed by atoms with E-state index < -0.39 is 5.97 Å². The number of nitriles is 1. The summed E-state index contributed by atoms with van der Waals surface area (Å²) in [5.74, 6) is -0.683. The number of amides is 1. The highest BCUT2D eigenvalue weighted by atomic mass is 32.2. The van der Waals surface area contributed by atoms with E-state index in [-0.39, 0.29) is 19.1 Å². The summed E-state index contributed by atoms with van der Waals surface area (Å²) in [7, 11) is 1.65. The average molecular weight is 384 g/mol. The van der Waals surface area contributed by atoms with Gasteiger partial charge in [-0.1, -0.05) is 24.3 Å². The molecule has 27 heavy (non-hydrogen) atoms. The summed E-state index contributed by atoms with van der Waals surface area (Å²) in [6.07, 6.45) is 2.00. The van der Waals surface area contributed by atoms with E-state index in [0.717, 1.165) is 10.5 Å². The molecule has 0 unspecified atom stereocenters. The molecular formula is C20H20N2O4S. The Labute approximate surface area is 162 Å². The number of rotatable bonds is 8. The van der Waals surface area contributed by atoms with Gasteiger partial charge >= 0.3 is 5.97 Å². The average Bonchev–Trinajstić information content (AvgIpc) is 2.71. The van der Waals surface area contributed by atoms with Crippen LogP contribution in [0.5, 0.6) is 5.75 Å². The first-order valence-corrected chi connectivity index (χ1v) is 9.40. The number of para-hydroxylation sites is 1. The molecule has 7 heteroatoms. The Hall–Kier alpha value is -2.98. The summed E-state index contributed by atoms with van der Waals surface area (Å²) in [5, 5.41) is 8.97. The number of nitrogens with zero attached hydrogens (tertiary/aromatic N) is 2. The van der Waals surface area contributed by atoms with Gasteiger partial charge in [0, 0.05) is 18.5 Å². The van der Waals surface area contributed by atoms with Crippen molar-refractivity contribution < 1.29 is 19.1 Å². The quantitative estimate of drug-likeness (QED) is 0.514. The predicted molar refractivity (Wildman–Crippen MR) is 102 cm³/mol. The minimum atomic E-state index is -0.672. The molecule has 0 N–H and O–H groups in total. The number of thioether (sulfide) groups is 1. The van der Waals surface area contributed by atoms with Crippen LogP contribution in [0.3, 0.4) is 0 Å². The molecular weight excluding hydrogens is 364 g/mol. The van der Waals surface area contributed by atoms with Gasteiger partial charge in [-0.15, -0.1) is 11.8 Å². The van der Waals surface area contributed by atoms with E-state index in [0.29, 0.717) is 17.9 Å². The lowest BCUT2D eigenvalue weighted by Crippen LogP contribution is -2.31. The molecule has 0 saturated carbocycles. The number of ether oxygens (including phenoxy) is 2. The Morgan fingerprint density at radius 2 is 1.81 bits per heavy atom. The van der Waals surface area contributed by atoms with E-state index in [9.17, 15) is 9.59 Å². The molecule has 140 valence electrons. The van der Waals surface area contributed by atoms with Crippen LogP contribution in [0.1, 0.15) is 11.1 Å². The van der Waals surface area contributed by atoms with Crippen LogP contribution in [0.15, 0.2) is 53.4 Å². The second-order valence-corrected chi connectivity index (χ2v) is 6.53. The molecule has 0 aliphatic carbocycles. The second-order valence-electron chi connectivity index (χ2n) is 5.66. The van der Waals surface area contributed by atoms with Crippen LogP contribution < -0.4 is 4.74 Å². The third-order valence-corrected chi connectivity index (χ3v) is 4.46. The Balaban J connectivity index is 1.76. The van der Waals surface area contributed by atoms with Crippen molar-refractivity contribution >= 4 is 23.6 Å². The zero-order chi connectivity index (χ0) is 19.6. The maximum Gasteiger partial charge on any atom is 0.344 e. The summed E-state index contributed by atoms with van der Waals surface area (Å²) in [4.78, 5) is 26.5. The van der Waals surface area contributed by atoms with Crippen molar-refractivity contribution in [1.29, 1.82) is 5.26 Å². The largest absolute Gasteiger partial charge is 0.481 e. The topological polar surface area (TPSA) is 79.6 Å². The van der Waals surface area contributed by atoms with Crippen LogP contribution in [0.2, 0.25) is 0 Å². The van der Waals surface area contributed by atoms with Gasteiger partial charge in [-0.05, 0) is 36.1 Å². The van der Waals surface area contributed by atoms with Gasteiger partial charge in [0.05, 0.1) is 5.56 Å². The fourth-order valence-corrected chi connectivity index (χ4v) is 2.62. The molecule has 0 spiro atoms. The number of esters is 1. The second kappa shape index (κ2) is 10.2. The minimum Gasteiger partial charge on any atom is -0.481 e. The molecule has 2 rings (SSSR count). The molecule has 0 aliphatic rings. The third kappa shape index (κ3) is 6.35. The van der Waals surface area contributed by atoms with E-state index >= 15 is 0 Å². The molecule has 6 nitrogen and oxygen atoms in total. The van der Waals surface area contributed by atoms with Crippen molar-refractivity contribution in [3.63, 3.8) is 0 Å². The van der Waals surface area contributed by atoms with E-state index in [1.807, 2.05) is 36.6 Å². The first-order valence-electron chi connectivity index (χ1n) is 8.18. The van der Waals surface area contributed by atoms with Crippen LogP contribution in [0.25, 0.3) is 0 Å². The molecule has 0 saturated heterocycles. The standard InChI is InChI=1S/C20H20N2O4S/c1-22(12-15-7-9-17(27-2)10-8-15)19(23)13-26-20(24)14-25-18-6-4-3-5-16(18)11-21/h3-10H,12-14H2,1-2H3. The monoisotopic (exact) mass is 384 g/mol. The fourth-order valence-electron chi connectivity index (χ4n) is 2.21. The van der Waals surface area contributed by atoms with E-state index in [1.54, 1.807) is 43.1 Å². The number of hydrogen-bond donors (Lipinski definition) is 0. The number of hydrogen-bond acceptors (Lipinski definition) is 6. The van der Waals surface area contributed by atoms with E-state index in [4.69, 9.17) is 14.7 Å². The van der Waals surface area contributed by atoms with Gasteiger partial charge in [-0.25, -0.2) is 4.79 Å². The smallest absolute Gasteiger partial charge is 0.344 e. The van der Waals surface area contributed by atoms with Crippen molar-refractivity contribution in [2.45, 2.75) is 11.4 Å². The van der Waals surface area contributed by atoms with Gasteiger partial charge in [0.25, 0.3) is 5.91 Å². The third-order valence-electron chi connectivity index (χ3n) is 3.71. The van der Waals surface area contributed by atoms with Crippen LogP contribution in [-0.4, -0.2) is 43.3 Å². The summed E-state index contributed by atoms with van der Waals surface area (Å²) >= 11 is 1.65. The lowest BCUT2D eigenvalue weighted by Gasteiger charge is -2.17. The molecule has 0 radical (unpaired) electrons. The zero-order valence-electron chi connectivity index (χ0n) is 15.2. The van der Waals surface area contributed by atoms with E-state index in [1.165, 1.54) is 4.90 Å². The van der Waals surface area contributed by atoms with Crippen LogP contribution in [0, 0.1) is 11.3 Å². The summed E-state index contributed by atoms with van der Waals surface area (Å²) in [6.45, 7) is -0.301. The normalized spacial score (nSPS) is 9.96. The first-order chi connectivity index (χ1) is 13.0. The fraction of sp³-hybridized carbons (Fsp3) is 0.250. The molecule has 0 bridgehead atoms. The molecule has 2 aromatic rings. The van der Waals surface area contributed by atoms with Gasteiger partial charge in [0.1, 0.15) is 11.8 Å². The molecule has 1 amide bonds. The highest BCUT2D eigenvalue weighted by molar-refractivity contribution is 7.98. The minimum absolute atomic E-state index is 0.300. The van der Waals surface area contributed by atoms with Crippen molar-refractivity contribution in [2.75, 3.05) is 26.5 Å². The van der Waals surface area contributed by atoms with Gasteiger partial charge < -0.3 is 14.4 Å². The highest BCUT2D eigenvalue weighted by Crippen LogP contribution is 2.17. The molecule has 0 heterocycles. The van der Waals surface area contributed by atoms with Gasteiger partial charge in [0.15, 0.2) is 13.2 Å². The Morgan fingerprint density at radius 3 is 2.48 bits per heavy atom. The molecule has 0 aliphatic heterocycles. The van der Waals surface area contributed by atoms with Crippen LogP contribution in [0.4, 0.5) is 0 Å². The number of carbonyl (C=O) groups is 2. The van der Waals surface area contributed by atoms with Crippen LogP contribution >= 0.6 is 11.8 Å². The highest BCUT2D eigenvalue weighted by Gasteiger charge is 2.13. The van der Waals surface area contributed by atoms with Crippen molar-refractivity contribution in [2.24, 2.45) is 0 Å². The van der Waals surface area contributed by atoms with Crippen molar-refractivity contribution in [3.05, 3.63) is 59.7 Å². The van der Waals surface area contributed by atoms with E-state index in [2.05, 4.69) is 0 Å². The summed E-state index contributed by atoms with van der Waals surface area (Å²) < 4.78 is 10.2. The maximum atomic E-state index is 12.1. The molecule has 0 atom stereocenters. The molecule has 2 aromatic carbocycles. The summed E-state index contributed by atoms with van der Waals surface area (Å²) in [6, 6.07) is 16.5. The first kappa shape index (κ1) is 20.3. The van der Waals surface area contributed by atoms with Crippen molar-refractivity contribution in [3.8, 4) is 11.8 Å². The zero-order valence-corrected chi connectivity index (χ0v) is 16.0. The van der Waals surface area contributed by atoms with Crippen LogP contribution in [-0.2, 0) is 20.9 Å². The van der Waals surface area contributed by atoms with Gasteiger partial charge in [-0.3, -0.25) is 4.79 Å². The summed E-state index contributed by atoms with van der Waals surface area (Å²) in [5.41, 5.74) is 1.32. The van der Waals surface area contributed by atoms with Gasteiger partial charge in [0.2, 0.25) is 0 Å². The number of benzene rings is 2. The predicted octanol–water partition coefficient (Wildman–Crippen LogP) is 2.86. The Kier molecular flexibility index (Phi) is 7.71. The molecule has 0 fully saturated rings. The van der Waals surface area contributed by atoms with Gasteiger partial charge in [-0.2, -0.15) is 5.26 Å². The SMILES string of the molecule is CSc1ccc(CN(C)C(=O)COC(=O)COc2ccccc2C#N)cc1. The maximum absolute atomic E-state index is 12.1. The Morgan fingerprint density at radius 1 is 1.11 bits per heavy atom.